The van der Waals surface area contributed by atoms with E-state index in [2.05, 4.69) is 38.7 Å². The molecule has 1 unspecified atom stereocenters. The number of ether oxygens (including phenoxy) is 1. The average Bonchev–Trinajstić information content (AvgIpc) is 3.00. The van der Waals surface area contributed by atoms with Crippen LogP contribution in [0.5, 0.6) is 0 Å². The van der Waals surface area contributed by atoms with Crippen LogP contribution in [0.4, 0.5) is 0 Å². The van der Waals surface area contributed by atoms with Crippen LogP contribution in [0.1, 0.15) is 79.1 Å². The highest BCUT2D eigenvalue weighted by molar-refractivity contribution is 5.87. The Labute approximate surface area is 184 Å². The zero-order valence-corrected chi connectivity index (χ0v) is 19.9. The molecule has 4 aliphatic rings. The van der Waals surface area contributed by atoms with E-state index in [1.54, 1.807) is 5.57 Å². The summed E-state index contributed by atoms with van der Waals surface area (Å²) < 4.78 is 6.32. The fourth-order valence-corrected chi connectivity index (χ4v) is 7.43. The molecule has 166 valence electrons. The van der Waals surface area contributed by atoms with E-state index in [0.717, 1.165) is 63.8 Å². The molecule has 4 rings (SSSR count). The highest BCUT2D eigenvalue weighted by atomic mass is 35.5. The van der Waals surface area contributed by atoms with Crippen LogP contribution >= 0.6 is 12.4 Å². The maximum Gasteiger partial charge on any atom is 0.139 e. The summed E-state index contributed by atoms with van der Waals surface area (Å²) in [4.78, 5) is 15.0. The summed E-state index contributed by atoms with van der Waals surface area (Å²) >= 11 is 0. The lowest BCUT2D eigenvalue weighted by Crippen LogP contribution is -2.50. The zero-order chi connectivity index (χ0) is 19.9. The molecule has 0 amide bonds. The lowest BCUT2D eigenvalue weighted by molar-refractivity contribution is -0.132. The number of rotatable bonds is 6. The first-order valence-electron chi connectivity index (χ1n) is 12.0. The third-order valence-corrected chi connectivity index (χ3v) is 9.42. The standard InChI is InChI=1S/C25H41NO2.ClH/c1-5-26(6-2)15-16-28-19-11-13-24(3)18(17-19)7-8-20-21-9-10-23(27)25(21,4)14-12-22(20)24;/h7,19-22H,5-6,8-17H2,1-4H3;1H/t19?,20-,21-,22-,24-,25-;/m0./s1. The minimum absolute atomic E-state index is 0. The first kappa shape index (κ1) is 23.3. The Hall–Kier alpha value is -0.380. The smallest absolute Gasteiger partial charge is 0.139 e. The van der Waals surface area contributed by atoms with Gasteiger partial charge in [-0.2, -0.15) is 0 Å². The molecular weight excluding hydrogens is 382 g/mol. The number of hydrogen-bond donors (Lipinski definition) is 0. The van der Waals surface area contributed by atoms with Gasteiger partial charge in [-0.3, -0.25) is 4.79 Å². The van der Waals surface area contributed by atoms with Gasteiger partial charge in [0.2, 0.25) is 0 Å². The van der Waals surface area contributed by atoms with Gasteiger partial charge < -0.3 is 9.64 Å². The van der Waals surface area contributed by atoms with Crippen molar-refractivity contribution in [1.82, 2.24) is 4.90 Å². The van der Waals surface area contributed by atoms with Gasteiger partial charge in [-0.1, -0.05) is 39.3 Å². The van der Waals surface area contributed by atoms with E-state index in [9.17, 15) is 4.79 Å². The Morgan fingerprint density at radius 2 is 1.76 bits per heavy atom. The number of hydrogen-bond acceptors (Lipinski definition) is 3. The first-order chi connectivity index (χ1) is 13.4. The van der Waals surface area contributed by atoms with Crippen LogP contribution in [0.3, 0.4) is 0 Å². The largest absolute Gasteiger partial charge is 0.377 e. The molecule has 4 aliphatic carbocycles. The minimum Gasteiger partial charge on any atom is -0.377 e. The molecule has 0 aromatic heterocycles. The molecule has 29 heavy (non-hydrogen) atoms. The van der Waals surface area contributed by atoms with E-state index in [4.69, 9.17) is 4.74 Å². The van der Waals surface area contributed by atoms with E-state index in [-0.39, 0.29) is 17.8 Å². The molecule has 0 saturated heterocycles. The molecule has 0 radical (unpaired) electrons. The summed E-state index contributed by atoms with van der Waals surface area (Å²) in [6, 6.07) is 0. The second kappa shape index (κ2) is 9.01. The highest BCUT2D eigenvalue weighted by Gasteiger charge is 2.58. The van der Waals surface area contributed by atoms with Crippen LogP contribution in [0, 0.1) is 28.6 Å². The van der Waals surface area contributed by atoms with Gasteiger partial charge in [0.05, 0.1) is 12.7 Å². The van der Waals surface area contributed by atoms with E-state index in [0.29, 0.717) is 23.2 Å². The minimum atomic E-state index is -0.00634. The molecule has 6 atom stereocenters. The third kappa shape index (κ3) is 3.96. The van der Waals surface area contributed by atoms with Crippen molar-refractivity contribution >= 4 is 18.2 Å². The quantitative estimate of drug-likeness (QED) is 0.515. The maximum atomic E-state index is 12.6. The summed E-state index contributed by atoms with van der Waals surface area (Å²) in [5.41, 5.74) is 2.03. The summed E-state index contributed by atoms with van der Waals surface area (Å²) in [6.45, 7) is 13.4. The predicted octanol–water partition coefficient (Wildman–Crippen LogP) is 5.67. The van der Waals surface area contributed by atoms with Crippen LogP contribution in [0.15, 0.2) is 11.6 Å². The van der Waals surface area contributed by atoms with Crippen molar-refractivity contribution in [1.29, 1.82) is 0 Å². The Morgan fingerprint density at radius 1 is 1.07 bits per heavy atom. The number of carbonyl (C=O) groups excluding carboxylic acids is 1. The zero-order valence-electron chi connectivity index (χ0n) is 19.0. The third-order valence-electron chi connectivity index (χ3n) is 9.42. The monoisotopic (exact) mass is 423 g/mol. The molecule has 0 spiro atoms. The fourth-order valence-electron chi connectivity index (χ4n) is 7.43. The highest BCUT2D eigenvalue weighted by Crippen LogP contribution is 2.64. The fraction of sp³-hybridized carbons (Fsp3) is 0.880. The SMILES string of the molecule is CCN(CC)CCOC1CC[C@@]2(C)C(=CC[C@@H]3[C@@H]2CC[C@]2(C)C(=O)CC[C@@H]32)C1.Cl. The topological polar surface area (TPSA) is 29.5 Å². The van der Waals surface area contributed by atoms with Crippen LogP contribution in [0.25, 0.3) is 0 Å². The number of fused-ring (bicyclic) bond motifs is 5. The van der Waals surface area contributed by atoms with Crippen molar-refractivity contribution in [3.8, 4) is 0 Å². The van der Waals surface area contributed by atoms with Crippen molar-refractivity contribution in [3.63, 3.8) is 0 Å². The van der Waals surface area contributed by atoms with Gasteiger partial charge in [0.1, 0.15) is 5.78 Å². The maximum absolute atomic E-state index is 12.6. The summed E-state index contributed by atoms with van der Waals surface area (Å²) in [6.07, 6.45) is 12.2. The van der Waals surface area contributed by atoms with Gasteiger partial charge >= 0.3 is 0 Å². The number of ketones is 1. The molecule has 0 aliphatic heterocycles. The lowest BCUT2D eigenvalue weighted by atomic mass is 9.48. The molecule has 3 nitrogen and oxygen atoms in total. The van der Waals surface area contributed by atoms with Crippen LogP contribution in [0.2, 0.25) is 0 Å². The van der Waals surface area contributed by atoms with E-state index in [1.165, 1.54) is 25.7 Å². The molecule has 0 aromatic carbocycles. The summed E-state index contributed by atoms with van der Waals surface area (Å²) in [5, 5.41) is 0. The second-order valence-corrected chi connectivity index (χ2v) is 10.4. The molecule has 3 fully saturated rings. The number of nitrogens with zero attached hydrogens (tertiary/aromatic N) is 1. The number of carbonyl (C=O) groups is 1. The van der Waals surface area contributed by atoms with Gasteiger partial charge in [-0.05, 0) is 81.2 Å². The molecule has 0 heterocycles. The summed E-state index contributed by atoms with van der Waals surface area (Å²) in [7, 11) is 0. The van der Waals surface area contributed by atoms with E-state index in [1.807, 2.05) is 0 Å². The van der Waals surface area contributed by atoms with Crippen LogP contribution in [-0.4, -0.2) is 43.0 Å². The van der Waals surface area contributed by atoms with Crippen molar-refractivity contribution < 1.29 is 9.53 Å². The second-order valence-electron chi connectivity index (χ2n) is 10.4. The molecule has 4 heteroatoms. The number of halogens is 1. The van der Waals surface area contributed by atoms with Gasteiger partial charge in [-0.25, -0.2) is 0 Å². The number of likely N-dealkylation sites (N-methyl/N-ethyl adjacent to an activating group) is 1. The first-order valence-corrected chi connectivity index (χ1v) is 12.0. The Morgan fingerprint density at radius 3 is 2.48 bits per heavy atom. The van der Waals surface area contributed by atoms with Gasteiger partial charge in [-0.15, -0.1) is 12.4 Å². The molecule has 3 saturated carbocycles. The Balaban J connectivity index is 0.00000240. The predicted molar refractivity (Wildman–Crippen MR) is 121 cm³/mol. The van der Waals surface area contributed by atoms with Crippen molar-refractivity contribution in [2.24, 2.45) is 28.6 Å². The number of allylic oxidation sites excluding steroid dienone is 1. The van der Waals surface area contributed by atoms with Crippen molar-refractivity contribution in [2.45, 2.75) is 85.2 Å². The van der Waals surface area contributed by atoms with Crippen LogP contribution in [-0.2, 0) is 9.53 Å². The van der Waals surface area contributed by atoms with Gasteiger partial charge in [0.15, 0.2) is 0 Å². The van der Waals surface area contributed by atoms with Gasteiger partial charge in [0, 0.05) is 18.4 Å². The summed E-state index contributed by atoms with van der Waals surface area (Å²) in [5.74, 6) is 2.71. The Bertz CT molecular complexity index is 630. The molecular formula is C25H42ClNO2. The molecule has 0 N–H and O–H groups in total. The Kier molecular flexibility index (Phi) is 7.23. The van der Waals surface area contributed by atoms with E-state index < -0.39 is 0 Å². The lowest BCUT2D eigenvalue weighted by Gasteiger charge is -2.57. The van der Waals surface area contributed by atoms with Gasteiger partial charge in [0.25, 0.3) is 0 Å². The molecule has 0 bridgehead atoms. The average molecular weight is 424 g/mol. The van der Waals surface area contributed by atoms with Crippen LogP contribution < -0.4 is 0 Å². The van der Waals surface area contributed by atoms with E-state index >= 15 is 0 Å². The normalized spacial score (nSPS) is 41.3. The van der Waals surface area contributed by atoms with Crippen molar-refractivity contribution in [2.75, 3.05) is 26.2 Å². The molecule has 0 aromatic rings. The van der Waals surface area contributed by atoms with Crippen molar-refractivity contribution in [3.05, 3.63) is 11.6 Å². The number of Topliss-reactive ketones (excluding diaryl/α,β-unsaturated/α-hetero) is 1.